The average molecular weight is 930 g/mol. The number of esters is 4. The molecule has 1 N–H and O–H groups in total. The minimum Gasteiger partial charge on any atom is -0.462 e. The van der Waals surface area contributed by atoms with E-state index in [0.717, 1.165) is 44.1 Å². The number of carbonyl (C=O) groups is 5. The first-order valence-electron chi connectivity index (χ1n) is 26.6. The molecular formula is C55H95NO10. The van der Waals surface area contributed by atoms with Gasteiger partial charge < -0.3 is 29.0 Å². The molecule has 0 aliphatic carbocycles. The number of unbranched alkanes of at least 4 members (excludes halogenated alkanes) is 28. The first-order chi connectivity index (χ1) is 31.9. The molecule has 66 heavy (non-hydrogen) atoms. The summed E-state index contributed by atoms with van der Waals surface area (Å²) in [5.74, 6) is -2.58. The number of nitrogens with one attached hydrogen (secondary N) is 1. The number of carbonyl (C=O) groups excluding carboxylic acids is 5. The highest BCUT2D eigenvalue weighted by molar-refractivity contribution is 5.86. The Balaban J connectivity index is 2.62. The topological polar surface area (TPSA) is 144 Å². The van der Waals surface area contributed by atoms with Crippen molar-refractivity contribution in [3.63, 3.8) is 0 Å². The minimum atomic E-state index is -1.45. The molecule has 0 aliphatic heterocycles. The molecule has 0 saturated heterocycles. The fourth-order valence-corrected chi connectivity index (χ4v) is 7.78. The van der Waals surface area contributed by atoms with Crippen molar-refractivity contribution in [3.8, 4) is 0 Å². The highest BCUT2D eigenvalue weighted by Gasteiger charge is 2.30. The van der Waals surface area contributed by atoms with Crippen LogP contribution >= 0.6 is 0 Å². The molecule has 0 bridgehead atoms. The molecule has 0 saturated carbocycles. The monoisotopic (exact) mass is 930 g/mol. The Kier molecular flexibility index (Phi) is 38.0. The first kappa shape index (κ1) is 60.4. The van der Waals surface area contributed by atoms with Crippen LogP contribution in [0.4, 0.5) is 4.79 Å². The number of alkyl carbamates (subject to hydrolysis) is 1. The minimum absolute atomic E-state index is 0.0178. The lowest BCUT2D eigenvalue weighted by Gasteiger charge is -2.23. The van der Waals surface area contributed by atoms with Crippen LogP contribution in [-0.2, 0) is 49.5 Å². The van der Waals surface area contributed by atoms with Gasteiger partial charge in [0, 0.05) is 12.8 Å². The predicted octanol–water partition coefficient (Wildman–Crippen LogP) is 14.5. The van der Waals surface area contributed by atoms with E-state index in [1.165, 1.54) is 141 Å². The van der Waals surface area contributed by atoms with Gasteiger partial charge in [0.1, 0.15) is 31.5 Å². The van der Waals surface area contributed by atoms with Gasteiger partial charge in [0.05, 0.1) is 6.42 Å². The molecule has 1 aromatic carbocycles. The van der Waals surface area contributed by atoms with Crippen molar-refractivity contribution in [1.82, 2.24) is 5.32 Å². The van der Waals surface area contributed by atoms with Crippen molar-refractivity contribution in [3.05, 3.63) is 35.9 Å². The Hall–Kier alpha value is -3.63. The lowest BCUT2D eigenvalue weighted by molar-refractivity contribution is -0.168. The number of ether oxygens (including phenoxy) is 5. The van der Waals surface area contributed by atoms with Gasteiger partial charge in [-0.05, 0) is 39.2 Å². The molecule has 0 aliphatic rings. The van der Waals surface area contributed by atoms with Crippen LogP contribution < -0.4 is 5.32 Å². The maximum atomic E-state index is 13.4. The molecule has 0 spiro atoms. The Morgan fingerprint density at radius 1 is 0.485 bits per heavy atom. The molecule has 2 atom stereocenters. The quantitative estimate of drug-likeness (QED) is 0.0382. The van der Waals surface area contributed by atoms with Crippen LogP contribution in [0.2, 0.25) is 0 Å². The van der Waals surface area contributed by atoms with E-state index >= 15 is 0 Å². The Labute approximate surface area is 401 Å². The highest BCUT2D eigenvalue weighted by Crippen LogP contribution is 2.17. The zero-order valence-electron chi connectivity index (χ0n) is 42.6. The lowest BCUT2D eigenvalue weighted by atomic mass is 10.0. The summed E-state index contributed by atoms with van der Waals surface area (Å²) in [5.41, 5.74) is -0.109. The van der Waals surface area contributed by atoms with Gasteiger partial charge in [0.25, 0.3) is 0 Å². The number of benzene rings is 1. The Bertz CT molecular complexity index is 1360. The molecule has 11 heteroatoms. The van der Waals surface area contributed by atoms with Crippen LogP contribution in [0.1, 0.15) is 252 Å². The van der Waals surface area contributed by atoms with Crippen LogP contribution in [0, 0.1) is 0 Å². The maximum Gasteiger partial charge on any atom is 0.408 e. The predicted molar refractivity (Wildman–Crippen MR) is 265 cm³/mol. The van der Waals surface area contributed by atoms with Gasteiger partial charge in [-0.3, -0.25) is 14.4 Å². The second-order valence-corrected chi connectivity index (χ2v) is 19.4. The summed E-state index contributed by atoms with van der Waals surface area (Å²) in [7, 11) is 0. The van der Waals surface area contributed by atoms with Crippen molar-refractivity contribution in [2.24, 2.45) is 0 Å². The fraction of sp³-hybridized carbons (Fsp3) is 0.800. The zero-order chi connectivity index (χ0) is 48.4. The van der Waals surface area contributed by atoms with Gasteiger partial charge >= 0.3 is 30.0 Å². The number of amides is 1. The first-order valence-corrected chi connectivity index (χ1v) is 26.6. The normalized spacial score (nSPS) is 12.3. The summed E-state index contributed by atoms with van der Waals surface area (Å²) in [6, 6.07) is 7.62. The van der Waals surface area contributed by atoms with Gasteiger partial charge in [-0.2, -0.15) is 0 Å². The van der Waals surface area contributed by atoms with Crippen molar-refractivity contribution >= 4 is 30.0 Å². The van der Waals surface area contributed by atoms with Crippen LogP contribution in [0.3, 0.4) is 0 Å². The van der Waals surface area contributed by atoms with Crippen molar-refractivity contribution < 1.29 is 47.7 Å². The smallest absolute Gasteiger partial charge is 0.408 e. The third kappa shape index (κ3) is 38.5. The van der Waals surface area contributed by atoms with E-state index in [0.29, 0.717) is 12.8 Å². The third-order valence-electron chi connectivity index (χ3n) is 11.7. The van der Waals surface area contributed by atoms with E-state index in [4.69, 9.17) is 23.7 Å². The Morgan fingerprint density at radius 2 is 0.879 bits per heavy atom. The highest BCUT2D eigenvalue weighted by atomic mass is 16.6. The fourth-order valence-electron chi connectivity index (χ4n) is 7.78. The lowest BCUT2D eigenvalue weighted by Crippen LogP contribution is -2.46. The summed E-state index contributed by atoms with van der Waals surface area (Å²) in [6.07, 6.45) is 34.6. The van der Waals surface area contributed by atoms with Gasteiger partial charge in [-0.25, -0.2) is 9.59 Å². The molecule has 11 nitrogen and oxygen atoms in total. The standard InChI is InChI=1S/C55H95NO10/c1-6-8-10-12-14-16-18-20-22-24-26-28-30-32-37-41-50(57)63-45-48(65-51(58)42-38-33-31-29-27-25-23-21-19-17-15-13-11-9-7-2)46-64-53(60)49(56-54(61)66-55(3,4)5)43-52(59)62-44-47-39-35-34-36-40-47/h34-36,39-40,48-49H,6-33,37-38,41-46H2,1-5H3,(H,56,61). The molecule has 2 unspecified atom stereocenters. The van der Waals surface area contributed by atoms with Gasteiger partial charge in [0.15, 0.2) is 6.10 Å². The van der Waals surface area contributed by atoms with Gasteiger partial charge in [-0.15, -0.1) is 0 Å². The van der Waals surface area contributed by atoms with E-state index in [1.54, 1.807) is 32.9 Å². The number of rotatable bonds is 43. The zero-order valence-corrected chi connectivity index (χ0v) is 42.6. The van der Waals surface area contributed by atoms with E-state index in [-0.39, 0.29) is 26.1 Å². The third-order valence-corrected chi connectivity index (χ3v) is 11.7. The SMILES string of the molecule is CCCCCCCCCCCCCCCCCC(=O)OCC(COC(=O)C(CC(=O)OCc1ccccc1)NC(=O)OC(C)(C)C)OC(=O)CCCCCCCCCCCCCCCCC. The molecule has 1 rings (SSSR count). The maximum absolute atomic E-state index is 13.4. The summed E-state index contributed by atoms with van der Waals surface area (Å²) in [6.45, 7) is 8.78. The number of hydrogen-bond donors (Lipinski definition) is 1. The summed E-state index contributed by atoms with van der Waals surface area (Å²) in [4.78, 5) is 64.8. The molecule has 0 radical (unpaired) electrons. The number of hydrogen-bond acceptors (Lipinski definition) is 10. The summed E-state index contributed by atoms with van der Waals surface area (Å²) >= 11 is 0. The average Bonchev–Trinajstić information content (AvgIpc) is 3.28. The van der Waals surface area contributed by atoms with E-state index < -0.39 is 60.7 Å². The van der Waals surface area contributed by atoms with Crippen molar-refractivity contribution in [2.75, 3.05) is 13.2 Å². The second kappa shape index (κ2) is 41.5. The molecule has 1 aromatic rings. The van der Waals surface area contributed by atoms with E-state index in [2.05, 4.69) is 19.2 Å². The van der Waals surface area contributed by atoms with Gasteiger partial charge in [0.2, 0.25) is 0 Å². The Morgan fingerprint density at radius 3 is 1.30 bits per heavy atom. The molecular weight excluding hydrogens is 835 g/mol. The van der Waals surface area contributed by atoms with E-state index in [1.807, 2.05) is 18.2 Å². The van der Waals surface area contributed by atoms with E-state index in [9.17, 15) is 24.0 Å². The molecule has 0 fully saturated rings. The van der Waals surface area contributed by atoms with Crippen LogP contribution in [0.15, 0.2) is 30.3 Å². The molecule has 0 heterocycles. The van der Waals surface area contributed by atoms with Gasteiger partial charge in [-0.1, -0.05) is 224 Å². The van der Waals surface area contributed by atoms with Crippen molar-refractivity contribution in [1.29, 1.82) is 0 Å². The van der Waals surface area contributed by atoms with Crippen LogP contribution in [0.5, 0.6) is 0 Å². The summed E-state index contributed by atoms with van der Waals surface area (Å²) in [5, 5.41) is 2.42. The molecule has 1 amide bonds. The molecule has 0 aromatic heterocycles. The largest absolute Gasteiger partial charge is 0.462 e. The van der Waals surface area contributed by atoms with Crippen LogP contribution in [0.25, 0.3) is 0 Å². The van der Waals surface area contributed by atoms with Crippen molar-refractivity contribution in [2.45, 2.75) is 271 Å². The van der Waals surface area contributed by atoms with Crippen LogP contribution in [-0.4, -0.2) is 60.9 Å². The summed E-state index contributed by atoms with van der Waals surface area (Å²) < 4.78 is 27.5. The second-order valence-electron chi connectivity index (χ2n) is 19.4. The molecule has 380 valence electrons.